The minimum absolute atomic E-state index is 0.264. The van der Waals surface area contributed by atoms with Crippen LogP contribution in [0.5, 0.6) is 69.0 Å². The van der Waals surface area contributed by atoms with E-state index < -0.39 is 204 Å². The molecule has 1 fully saturated rings. The van der Waals surface area contributed by atoms with Crippen molar-refractivity contribution in [1.82, 2.24) is 0 Å². The molecule has 0 saturated carbocycles. The molecular formula is C41H28O27. The molecule has 27 nitrogen and oxygen atoms in total. The zero-order valence-electron chi connectivity index (χ0n) is 33.2. The van der Waals surface area contributed by atoms with E-state index in [-0.39, 0.29) is 6.08 Å². The standard InChI is InChI=1S/C41H28O27/c42-13-1-8(2-14(43)24(13)48)34(54)67-39-33-32-30(64-38(58)12-6-19(47)41(61)40(59,60)23(12)22-11(37(57)66-33)5-17(46)27(51)31(22)68-41)18(63-39)7-62-35(55)9-3-15(44)25(49)28(52)20(9)21-10(36(56)65-32)4-16(45)26(50)29(21)53/h1-6,18,23,30,32-33,39,42-46,48-53,59-61H,7H2/t18-,23-,30+,32+,33-,39-,41-/m0/s1. The van der Waals surface area contributed by atoms with Crippen LogP contribution in [0.3, 0.4) is 0 Å². The Morgan fingerprint density at radius 2 is 1.07 bits per heavy atom. The molecule has 1 aliphatic carbocycles. The summed E-state index contributed by atoms with van der Waals surface area (Å²) in [6.07, 6.45) is -12.1. The number of ketones is 1. The van der Waals surface area contributed by atoms with Gasteiger partial charge in [-0.2, -0.15) is 0 Å². The number of benzene rings is 4. The SMILES string of the molecule is O=C1O[C@H]2[C@H]3OC(=O)c4cc(O)c(O)c(O)c4-c4c(cc(O)c(O)c4O)C(=O)OC[C@@H]2O[C@@H](OC(=O)c2cc(O)c(O)c(O)c2)[C@H]3OC(=O)c2cc(O)c(O)c3c2[C@@H]2C1=CC(=O)[C@](O)(O3)C2(O)O. The number of aliphatic hydroxyl groups is 3. The molecule has 27 heteroatoms. The molecule has 0 unspecified atom stereocenters. The number of carbonyl (C=O) groups excluding carboxylic acids is 6. The average molecular weight is 953 g/mol. The van der Waals surface area contributed by atoms with Gasteiger partial charge in [-0.1, -0.05) is 0 Å². The summed E-state index contributed by atoms with van der Waals surface area (Å²) in [6, 6.07) is 2.32. The van der Waals surface area contributed by atoms with Crippen LogP contribution < -0.4 is 4.74 Å². The Morgan fingerprint density at radius 3 is 1.68 bits per heavy atom. The Morgan fingerprint density at radius 1 is 0.574 bits per heavy atom. The van der Waals surface area contributed by atoms with Gasteiger partial charge in [0.1, 0.15) is 12.7 Å². The summed E-state index contributed by atoms with van der Waals surface area (Å²) >= 11 is 0. The molecule has 6 bridgehead atoms. The monoisotopic (exact) mass is 952 g/mol. The molecule has 5 aliphatic rings. The van der Waals surface area contributed by atoms with E-state index in [9.17, 15) is 100 Å². The van der Waals surface area contributed by atoms with Gasteiger partial charge in [-0.05, 0) is 36.4 Å². The second kappa shape index (κ2) is 14.8. The first-order valence-corrected chi connectivity index (χ1v) is 19.1. The summed E-state index contributed by atoms with van der Waals surface area (Å²) in [6.45, 7) is -1.31. The normalized spacial score (nSPS) is 25.7. The summed E-state index contributed by atoms with van der Waals surface area (Å²) in [5, 5.41) is 150. The minimum Gasteiger partial charge on any atom is -0.504 e. The lowest BCUT2D eigenvalue weighted by Gasteiger charge is -2.49. The molecule has 4 aromatic carbocycles. The number of carbonyl (C=O) groups is 6. The number of aromatic hydroxyl groups is 11. The lowest BCUT2D eigenvalue weighted by molar-refractivity contribution is -0.339. The van der Waals surface area contributed by atoms with Crippen LogP contribution in [0.1, 0.15) is 52.9 Å². The van der Waals surface area contributed by atoms with Gasteiger partial charge in [-0.3, -0.25) is 4.79 Å². The maximum absolute atomic E-state index is 14.6. The van der Waals surface area contributed by atoms with Crippen LogP contribution in [0.4, 0.5) is 0 Å². The maximum atomic E-state index is 14.6. The molecule has 9 rings (SSSR count). The molecule has 4 heterocycles. The van der Waals surface area contributed by atoms with Gasteiger partial charge in [0, 0.05) is 16.7 Å². The number of rotatable bonds is 2. The smallest absolute Gasteiger partial charge is 0.340 e. The van der Waals surface area contributed by atoms with Crippen molar-refractivity contribution in [2.24, 2.45) is 0 Å². The van der Waals surface area contributed by atoms with Gasteiger partial charge in [0.05, 0.1) is 33.7 Å². The first kappa shape index (κ1) is 44.3. The molecule has 1 saturated heterocycles. The van der Waals surface area contributed by atoms with E-state index >= 15 is 0 Å². The van der Waals surface area contributed by atoms with Crippen LogP contribution in [0.25, 0.3) is 11.1 Å². The van der Waals surface area contributed by atoms with E-state index in [1.807, 2.05) is 0 Å². The Kier molecular flexibility index (Phi) is 9.64. The lowest BCUT2D eigenvalue weighted by atomic mass is 9.70. The highest BCUT2D eigenvalue weighted by atomic mass is 16.8. The minimum atomic E-state index is -3.98. The number of phenolic OH excluding ortho intramolecular Hbond substituents is 11. The number of fused-ring (bicyclic) bond motifs is 4. The molecule has 68 heavy (non-hydrogen) atoms. The van der Waals surface area contributed by atoms with Crippen molar-refractivity contribution >= 4 is 35.6 Å². The number of phenols is 11. The van der Waals surface area contributed by atoms with Crippen LogP contribution in [0.2, 0.25) is 0 Å². The number of hydrogen-bond acceptors (Lipinski definition) is 27. The van der Waals surface area contributed by atoms with Crippen LogP contribution in [-0.4, -0.2) is 156 Å². The van der Waals surface area contributed by atoms with E-state index in [1.165, 1.54) is 0 Å². The average Bonchev–Trinajstić information content (AvgIpc) is 3.28. The molecule has 7 atom stereocenters. The summed E-state index contributed by atoms with van der Waals surface area (Å²) in [5.41, 5.74) is -8.48. The Balaban J connectivity index is 1.30. The zero-order chi connectivity index (χ0) is 49.4. The second-order valence-electron chi connectivity index (χ2n) is 15.5. The molecule has 0 aromatic heterocycles. The van der Waals surface area contributed by atoms with E-state index in [0.717, 1.165) is 0 Å². The number of ether oxygens (including phenoxy) is 7. The maximum Gasteiger partial charge on any atom is 0.340 e. The van der Waals surface area contributed by atoms with Gasteiger partial charge < -0.3 is 105 Å². The molecule has 4 aromatic rings. The molecule has 4 aliphatic heterocycles. The third-order valence-corrected chi connectivity index (χ3v) is 11.5. The number of esters is 5. The fraction of sp³-hybridized carbons (Fsp3) is 0.220. The van der Waals surface area contributed by atoms with Gasteiger partial charge in [-0.25, -0.2) is 24.0 Å². The Hall–Kier alpha value is -8.92. The van der Waals surface area contributed by atoms with Gasteiger partial charge in [0.15, 0.2) is 64.0 Å². The van der Waals surface area contributed by atoms with Gasteiger partial charge >= 0.3 is 35.6 Å². The highest BCUT2D eigenvalue weighted by molar-refractivity contribution is 6.10. The van der Waals surface area contributed by atoms with Crippen LogP contribution in [0.15, 0.2) is 42.0 Å². The predicted molar refractivity (Wildman–Crippen MR) is 204 cm³/mol. The van der Waals surface area contributed by atoms with Crippen molar-refractivity contribution in [3.63, 3.8) is 0 Å². The van der Waals surface area contributed by atoms with E-state index in [2.05, 4.69) is 0 Å². The molecule has 0 amide bonds. The van der Waals surface area contributed by atoms with E-state index in [0.29, 0.717) is 30.3 Å². The van der Waals surface area contributed by atoms with Crippen LogP contribution in [-0.2, 0) is 38.0 Å². The number of hydrogen-bond donors (Lipinski definition) is 14. The van der Waals surface area contributed by atoms with Crippen molar-refractivity contribution in [2.75, 3.05) is 6.61 Å². The third kappa shape index (κ3) is 6.21. The third-order valence-electron chi connectivity index (χ3n) is 11.5. The summed E-state index contributed by atoms with van der Waals surface area (Å²) < 4.78 is 38.9. The summed E-state index contributed by atoms with van der Waals surface area (Å²) in [5.74, 6) is -36.5. The van der Waals surface area contributed by atoms with Crippen molar-refractivity contribution in [3.8, 4) is 80.1 Å². The second-order valence-corrected chi connectivity index (χ2v) is 15.5. The zero-order valence-corrected chi connectivity index (χ0v) is 33.2. The van der Waals surface area contributed by atoms with Gasteiger partial charge in [0.2, 0.25) is 35.4 Å². The number of cyclic esters (lactones) is 1. The van der Waals surface area contributed by atoms with Crippen LogP contribution in [0, 0.1) is 0 Å². The van der Waals surface area contributed by atoms with Crippen molar-refractivity contribution < 1.29 is 133 Å². The molecular weight excluding hydrogens is 924 g/mol. The van der Waals surface area contributed by atoms with E-state index in [1.54, 1.807) is 0 Å². The first-order valence-electron chi connectivity index (χ1n) is 19.1. The molecule has 354 valence electrons. The Bertz CT molecular complexity index is 3020. The van der Waals surface area contributed by atoms with Gasteiger partial charge in [0.25, 0.3) is 5.79 Å². The van der Waals surface area contributed by atoms with E-state index in [4.69, 9.17) is 33.2 Å². The lowest BCUT2D eigenvalue weighted by Crippen LogP contribution is -2.70. The topological polar surface area (TPSA) is 450 Å². The highest BCUT2D eigenvalue weighted by Crippen LogP contribution is 2.59. The molecule has 14 N–H and O–H groups in total. The van der Waals surface area contributed by atoms with Crippen molar-refractivity contribution in [3.05, 3.63) is 69.8 Å². The largest absolute Gasteiger partial charge is 0.504 e. The quantitative estimate of drug-likeness (QED) is 0.0491. The van der Waals surface area contributed by atoms with Crippen molar-refractivity contribution in [2.45, 2.75) is 48.2 Å². The fourth-order valence-electron chi connectivity index (χ4n) is 8.25. The van der Waals surface area contributed by atoms with Gasteiger partial charge in [-0.15, -0.1) is 0 Å². The fourth-order valence-corrected chi connectivity index (χ4v) is 8.25. The summed E-state index contributed by atoms with van der Waals surface area (Å²) in [4.78, 5) is 84.8. The van der Waals surface area contributed by atoms with Crippen molar-refractivity contribution in [1.29, 1.82) is 0 Å². The molecule has 0 spiro atoms. The Labute approximate surface area is 373 Å². The first-order chi connectivity index (χ1) is 31.9. The molecule has 0 radical (unpaired) electrons. The summed E-state index contributed by atoms with van der Waals surface area (Å²) in [7, 11) is 0. The predicted octanol–water partition coefficient (Wildman–Crippen LogP) is -1.10. The van der Waals surface area contributed by atoms with Crippen LogP contribution >= 0.6 is 0 Å². The highest BCUT2D eigenvalue weighted by Gasteiger charge is 2.70.